The molecule has 1 atom stereocenters. The molecule has 0 saturated carbocycles. The van der Waals surface area contributed by atoms with Gasteiger partial charge in [0.15, 0.2) is 0 Å². The second kappa shape index (κ2) is 8.03. The number of nitrogens with zero attached hydrogens (tertiary/aromatic N) is 4. The number of hydrogen-bond acceptors (Lipinski definition) is 6. The van der Waals surface area contributed by atoms with Crippen LogP contribution < -0.4 is 5.32 Å². The standard InChI is InChI=1S/C20H31N5O3/c1-13(26)24-10-8-16-15(12-24)18(21-4)23-17(22-16)14-7-6-9-25(11-14)19(27)20(2,3)28-5/h14H,6-12H2,1-5H3,(H,21,22,23)/t14-/m0/s1. The van der Waals surface area contributed by atoms with Crippen molar-refractivity contribution in [1.29, 1.82) is 0 Å². The highest BCUT2D eigenvalue weighted by molar-refractivity contribution is 5.84. The van der Waals surface area contributed by atoms with Crippen molar-refractivity contribution >= 4 is 17.6 Å². The van der Waals surface area contributed by atoms with Crippen LogP contribution in [0, 0.1) is 0 Å². The van der Waals surface area contributed by atoms with Crippen molar-refractivity contribution in [2.24, 2.45) is 0 Å². The number of methoxy groups -OCH3 is 1. The van der Waals surface area contributed by atoms with Gasteiger partial charge in [-0.2, -0.15) is 0 Å². The molecule has 8 heteroatoms. The number of likely N-dealkylation sites (tertiary alicyclic amines) is 1. The molecule has 2 amide bonds. The van der Waals surface area contributed by atoms with Gasteiger partial charge in [0.05, 0.1) is 12.2 Å². The second-order valence-electron chi connectivity index (χ2n) is 8.10. The molecule has 28 heavy (non-hydrogen) atoms. The summed E-state index contributed by atoms with van der Waals surface area (Å²) in [6.45, 7) is 7.75. The van der Waals surface area contributed by atoms with Crippen LogP contribution in [-0.2, 0) is 27.3 Å². The van der Waals surface area contributed by atoms with Gasteiger partial charge in [-0.3, -0.25) is 9.59 Å². The van der Waals surface area contributed by atoms with Crippen molar-refractivity contribution in [3.05, 3.63) is 17.1 Å². The van der Waals surface area contributed by atoms with Crippen molar-refractivity contribution in [3.63, 3.8) is 0 Å². The molecule has 1 saturated heterocycles. The monoisotopic (exact) mass is 389 g/mol. The van der Waals surface area contributed by atoms with Crippen LogP contribution in [0.25, 0.3) is 0 Å². The maximum Gasteiger partial charge on any atom is 0.254 e. The average molecular weight is 390 g/mol. The Morgan fingerprint density at radius 3 is 2.61 bits per heavy atom. The van der Waals surface area contributed by atoms with E-state index in [9.17, 15) is 9.59 Å². The minimum atomic E-state index is -0.828. The van der Waals surface area contributed by atoms with Crippen LogP contribution in [0.5, 0.6) is 0 Å². The normalized spacial score (nSPS) is 20.0. The predicted octanol–water partition coefficient (Wildman–Crippen LogP) is 1.55. The quantitative estimate of drug-likeness (QED) is 0.841. The third-order valence-corrected chi connectivity index (χ3v) is 5.86. The fourth-order valence-electron chi connectivity index (χ4n) is 3.93. The zero-order valence-electron chi connectivity index (χ0n) is 17.5. The number of amides is 2. The minimum absolute atomic E-state index is 0.00333. The van der Waals surface area contributed by atoms with Gasteiger partial charge in [0, 0.05) is 58.6 Å². The summed E-state index contributed by atoms with van der Waals surface area (Å²) >= 11 is 0. The van der Waals surface area contributed by atoms with E-state index in [-0.39, 0.29) is 17.7 Å². The first kappa shape index (κ1) is 20.5. The average Bonchev–Trinajstić information content (AvgIpc) is 2.71. The van der Waals surface area contributed by atoms with E-state index in [0.29, 0.717) is 19.6 Å². The molecule has 0 aliphatic carbocycles. The van der Waals surface area contributed by atoms with Crippen molar-refractivity contribution in [2.75, 3.05) is 39.1 Å². The van der Waals surface area contributed by atoms with E-state index >= 15 is 0 Å². The van der Waals surface area contributed by atoms with E-state index in [0.717, 1.165) is 48.7 Å². The molecule has 2 aliphatic rings. The summed E-state index contributed by atoms with van der Waals surface area (Å²) in [7, 11) is 3.41. The second-order valence-corrected chi connectivity index (χ2v) is 8.10. The summed E-state index contributed by atoms with van der Waals surface area (Å²) in [6.07, 6.45) is 2.60. The molecule has 3 heterocycles. The van der Waals surface area contributed by atoms with Crippen molar-refractivity contribution in [1.82, 2.24) is 19.8 Å². The Bertz CT molecular complexity index is 747. The molecule has 8 nitrogen and oxygen atoms in total. The molecule has 0 aromatic carbocycles. The summed E-state index contributed by atoms with van der Waals surface area (Å²) in [6, 6.07) is 0. The lowest BCUT2D eigenvalue weighted by atomic mass is 9.94. The van der Waals surface area contributed by atoms with Gasteiger partial charge >= 0.3 is 0 Å². The van der Waals surface area contributed by atoms with Crippen LogP contribution in [-0.4, -0.2) is 71.0 Å². The molecule has 1 fully saturated rings. The maximum absolute atomic E-state index is 12.8. The number of ether oxygens (including phenoxy) is 1. The van der Waals surface area contributed by atoms with E-state index in [1.807, 2.05) is 16.8 Å². The first-order valence-corrected chi connectivity index (χ1v) is 9.94. The predicted molar refractivity (Wildman–Crippen MR) is 106 cm³/mol. The van der Waals surface area contributed by atoms with Crippen LogP contribution >= 0.6 is 0 Å². The molecular weight excluding hydrogens is 358 g/mol. The Kier molecular flexibility index (Phi) is 5.88. The Balaban J connectivity index is 1.84. The Morgan fingerprint density at radius 1 is 1.21 bits per heavy atom. The summed E-state index contributed by atoms with van der Waals surface area (Å²) in [5, 5.41) is 3.17. The fourth-order valence-corrected chi connectivity index (χ4v) is 3.93. The first-order chi connectivity index (χ1) is 13.3. The van der Waals surface area contributed by atoms with Crippen LogP contribution in [0.1, 0.15) is 56.6 Å². The lowest BCUT2D eigenvalue weighted by Gasteiger charge is -2.37. The van der Waals surface area contributed by atoms with E-state index < -0.39 is 5.60 Å². The van der Waals surface area contributed by atoms with Crippen LogP contribution in [0.2, 0.25) is 0 Å². The smallest absolute Gasteiger partial charge is 0.254 e. The highest BCUT2D eigenvalue weighted by Crippen LogP contribution is 2.30. The van der Waals surface area contributed by atoms with Gasteiger partial charge < -0.3 is 19.9 Å². The maximum atomic E-state index is 12.8. The van der Waals surface area contributed by atoms with Gasteiger partial charge in [-0.25, -0.2) is 9.97 Å². The number of piperidine rings is 1. The molecule has 0 bridgehead atoms. The van der Waals surface area contributed by atoms with Gasteiger partial charge in [0.25, 0.3) is 5.91 Å². The van der Waals surface area contributed by atoms with Crippen LogP contribution in [0.15, 0.2) is 0 Å². The molecule has 0 unspecified atom stereocenters. The number of fused-ring (bicyclic) bond motifs is 1. The number of anilines is 1. The van der Waals surface area contributed by atoms with Gasteiger partial charge in [0.2, 0.25) is 5.91 Å². The van der Waals surface area contributed by atoms with Crippen molar-refractivity contribution in [2.45, 2.75) is 58.1 Å². The highest BCUT2D eigenvalue weighted by Gasteiger charge is 2.36. The lowest BCUT2D eigenvalue weighted by Crippen LogP contribution is -2.49. The topological polar surface area (TPSA) is 87.7 Å². The molecular formula is C20H31N5O3. The number of rotatable bonds is 4. The number of carbonyl (C=O) groups excluding carboxylic acids is 2. The van der Waals surface area contributed by atoms with Crippen LogP contribution in [0.3, 0.4) is 0 Å². The number of aromatic nitrogens is 2. The molecule has 1 aromatic heterocycles. The minimum Gasteiger partial charge on any atom is -0.373 e. The van der Waals surface area contributed by atoms with E-state index in [1.54, 1.807) is 27.9 Å². The van der Waals surface area contributed by atoms with Gasteiger partial charge in [-0.05, 0) is 26.7 Å². The van der Waals surface area contributed by atoms with Crippen LogP contribution in [0.4, 0.5) is 5.82 Å². The number of hydrogen-bond donors (Lipinski definition) is 1. The summed E-state index contributed by atoms with van der Waals surface area (Å²) in [5.74, 6) is 1.75. The molecule has 0 spiro atoms. The molecule has 0 radical (unpaired) electrons. The summed E-state index contributed by atoms with van der Waals surface area (Å²) in [4.78, 5) is 37.9. The summed E-state index contributed by atoms with van der Waals surface area (Å²) in [5.41, 5.74) is 1.18. The number of nitrogens with one attached hydrogen (secondary N) is 1. The summed E-state index contributed by atoms with van der Waals surface area (Å²) < 4.78 is 5.37. The lowest BCUT2D eigenvalue weighted by molar-refractivity contribution is -0.152. The molecule has 2 aliphatic heterocycles. The van der Waals surface area contributed by atoms with Gasteiger partial charge in [-0.15, -0.1) is 0 Å². The van der Waals surface area contributed by atoms with Crippen molar-refractivity contribution < 1.29 is 14.3 Å². The Morgan fingerprint density at radius 2 is 1.96 bits per heavy atom. The third-order valence-electron chi connectivity index (χ3n) is 5.86. The van der Waals surface area contributed by atoms with Crippen molar-refractivity contribution in [3.8, 4) is 0 Å². The van der Waals surface area contributed by atoms with E-state index in [4.69, 9.17) is 14.7 Å². The first-order valence-electron chi connectivity index (χ1n) is 9.94. The van der Waals surface area contributed by atoms with Gasteiger partial charge in [0.1, 0.15) is 17.2 Å². The molecule has 1 N–H and O–H groups in total. The number of carbonyl (C=O) groups is 2. The largest absolute Gasteiger partial charge is 0.373 e. The fraction of sp³-hybridized carbons (Fsp3) is 0.700. The molecule has 3 rings (SSSR count). The molecule has 154 valence electrons. The van der Waals surface area contributed by atoms with Gasteiger partial charge in [-0.1, -0.05) is 0 Å². The van der Waals surface area contributed by atoms with E-state index in [2.05, 4.69) is 5.32 Å². The zero-order valence-corrected chi connectivity index (χ0v) is 17.5. The van der Waals surface area contributed by atoms with E-state index in [1.165, 1.54) is 0 Å². The molecule has 1 aromatic rings. The SMILES string of the molecule is CNc1nc([C@H]2CCCN(C(=O)C(C)(C)OC)C2)nc2c1CN(C(C)=O)CC2. The highest BCUT2D eigenvalue weighted by atomic mass is 16.5. The Labute approximate surface area is 166 Å². The Hall–Kier alpha value is -2.22. The zero-order chi connectivity index (χ0) is 20.5. The third kappa shape index (κ3) is 3.97.